The fourth-order valence-electron chi connectivity index (χ4n) is 1.85. The Bertz CT molecular complexity index is 720. The molecule has 0 radical (unpaired) electrons. The number of benzene rings is 1. The van der Waals surface area contributed by atoms with Crippen LogP contribution in [0, 0.1) is 12.7 Å². The van der Waals surface area contributed by atoms with E-state index >= 15 is 0 Å². The summed E-state index contributed by atoms with van der Waals surface area (Å²) in [5, 5.41) is 8.69. The van der Waals surface area contributed by atoms with Crippen molar-refractivity contribution in [2.45, 2.75) is 13.3 Å². The van der Waals surface area contributed by atoms with Crippen molar-refractivity contribution in [3.63, 3.8) is 0 Å². The third kappa shape index (κ3) is 2.82. The quantitative estimate of drug-likeness (QED) is 0.778. The van der Waals surface area contributed by atoms with E-state index in [1.54, 1.807) is 13.0 Å². The molecule has 20 heavy (non-hydrogen) atoms. The molecule has 104 valence electrons. The summed E-state index contributed by atoms with van der Waals surface area (Å²) in [5.74, 6) is -1.72. The highest BCUT2D eigenvalue weighted by Gasteiger charge is 2.13. The van der Waals surface area contributed by atoms with E-state index in [2.05, 4.69) is 9.97 Å². The number of aromatic amines is 1. The molecule has 4 N–H and O–H groups in total. The van der Waals surface area contributed by atoms with E-state index in [-0.39, 0.29) is 17.2 Å². The molecule has 0 unspecified atom stereocenters. The van der Waals surface area contributed by atoms with E-state index in [0.29, 0.717) is 11.1 Å². The van der Waals surface area contributed by atoms with Crippen LogP contribution in [0.1, 0.15) is 11.1 Å². The summed E-state index contributed by atoms with van der Waals surface area (Å²) in [6.45, 7) is 1.70. The molecule has 0 aliphatic heterocycles. The zero-order valence-electron chi connectivity index (χ0n) is 10.6. The number of carbonyl (C=O) groups is 1. The van der Waals surface area contributed by atoms with Crippen molar-refractivity contribution in [3.05, 3.63) is 45.5 Å². The SMILES string of the molecule is Cc1cc(F)cc(-c2nc(N)c(CC(=O)O)c(=O)[nH]2)c1. The van der Waals surface area contributed by atoms with E-state index in [0.717, 1.165) is 0 Å². The molecule has 0 fully saturated rings. The predicted molar refractivity (Wildman–Crippen MR) is 70.7 cm³/mol. The van der Waals surface area contributed by atoms with Crippen LogP contribution in [0.4, 0.5) is 10.2 Å². The molecule has 0 aliphatic rings. The van der Waals surface area contributed by atoms with Crippen molar-refractivity contribution in [1.29, 1.82) is 0 Å². The number of aliphatic carboxylic acids is 1. The van der Waals surface area contributed by atoms with Gasteiger partial charge in [0.1, 0.15) is 17.5 Å². The summed E-state index contributed by atoms with van der Waals surface area (Å²) < 4.78 is 13.3. The van der Waals surface area contributed by atoms with Gasteiger partial charge in [-0.1, -0.05) is 0 Å². The average Bonchev–Trinajstić information content (AvgIpc) is 2.32. The molecular weight excluding hydrogens is 265 g/mol. The fourth-order valence-corrected chi connectivity index (χ4v) is 1.85. The third-order valence-electron chi connectivity index (χ3n) is 2.69. The lowest BCUT2D eigenvalue weighted by molar-refractivity contribution is -0.136. The second-order valence-corrected chi connectivity index (χ2v) is 4.37. The molecule has 1 aromatic carbocycles. The number of nitrogens with zero attached hydrogens (tertiary/aromatic N) is 1. The first-order valence-corrected chi connectivity index (χ1v) is 5.75. The van der Waals surface area contributed by atoms with E-state index in [4.69, 9.17) is 10.8 Å². The van der Waals surface area contributed by atoms with E-state index < -0.39 is 23.8 Å². The summed E-state index contributed by atoms with van der Waals surface area (Å²) in [4.78, 5) is 28.8. The Morgan fingerprint density at radius 2 is 2.15 bits per heavy atom. The van der Waals surface area contributed by atoms with Gasteiger partial charge in [-0.25, -0.2) is 9.37 Å². The summed E-state index contributed by atoms with van der Waals surface area (Å²) in [5.41, 5.74) is 5.87. The number of hydrogen-bond acceptors (Lipinski definition) is 4. The Morgan fingerprint density at radius 1 is 1.45 bits per heavy atom. The van der Waals surface area contributed by atoms with Crippen LogP contribution in [0.2, 0.25) is 0 Å². The number of H-pyrrole nitrogens is 1. The van der Waals surface area contributed by atoms with Crippen LogP contribution in [-0.4, -0.2) is 21.0 Å². The number of anilines is 1. The molecule has 1 heterocycles. The molecule has 0 aliphatic carbocycles. The maximum Gasteiger partial charge on any atom is 0.308 e. The Kier molecular flexibility index (Phi) is 3.51. The molecule has 2 rings (SSSR count). The summed E-state index contributed by atoms with van der Waals surface area (Å²) >= 11 is 0. The van der Waals surface area contributed by atoms with Crippen LogP contribution in [0.3, 0.4) is 0 Å². The number of nitrogens with two attached hydrogens (primary N) is 1. The highest BCUT2D eigenvalue weighted by atomic mass is 19.1. The van der Waals surface area contributed by atoms with Crippen LogP contribution in [0.5, 0.6) is 0 Å². The van der Waals surface area contributed by atoms with Gasteiger partial charge < -0.3 is 15.8 Å². The highest BCUT2D eigenvalue weighted by molar-refractivity contribution is 5.72. The molecule has 1 aromatic heterocycles. The molecule has 7 heteroatoms. The first kappa shape index (κ1) is 13.7. The smallest absolute Gasteiger partial charge is 0.308 e. The maximum atomic E-state index is 13.3. The lowest BCUT2D eigenvalue weighted by Crippen LogP contribution is -2.21. The molecular formula is C13H12FN3O3. The summed E-state index contributed by atoms with van der Waals surface area (Å²) in [6, 6.07) is 4.18. The van der Waals surface area contributed by atoms with Gasteiger partial charge >= 0.3 is 5.97 Å². The van der Waals surface area contributed by atoms with Crippen LogP contribution in [0.15, 0.2) is 23.0 Å². The molecule has 0 bridgehead atoms. The maximum absolute atomic E-state index is 13.3. The average molecular weight is 277 g/mol. The number of hydrogen-bond donors (Lipinski definition) is 3. The van der Waals surface area contributed by atoms with Crippen molar-refractivity contribution in [2.24, 2.45) is 0 Å². The van der Waals surface area contributed by atoms with Crippen LogP contribution >= 0.6 is 0 Å². The largest absolute Gasteiger partial charge is 0.481 e. The Hall–Kier alpha value is -2.70. The zero-order chi connectivity index (χ0) is 14.9. The lowest BCUT2D eigenvalue weighted by Gasteiger charge is -2.06. The highest BCUT2D eigenvalue weighted by Crippen LogP contribution is 2.19. The number of carboxylic acids is 1. The fraction of sp³-hybridized carbons (Fsp3) is 0.154. The van der Waals surface area contributed by atoms with Gasteiger partial charge in [-0.2, -0.15) is 0 Å². The number of halogens is 1. The molecule has 0 spiro atoms. The molecule has 0 saturated carbocycles. The molecule has 0 saturated heterocycles. The number of carboxylic acid groups (broad SMARTS) is 1. The molecule has 2 aromatic rings. The minimum Gasteiger partial charge on any atom is -0.481 e. The second kappa shape index (κ2) is 5.12. The number of aryl methyl sites for hydroxylation is 1. The summed E-state index contributed by atoms with van der Waals surface area (Å²) in [7, 11) is 0. The number of rotatable bonds is 3. The predicted octanol–water partition coefficient (Wildman–Crippen LogP) is 1.09. The normalized spacial score (nSPS) is 10.5. The first-order valence-electron chi connectivity index (χ1n) is 5.75. The second-order valence-electron chi connectivity index (χ2n) is 4.37. The number of nitrogen functional groups attached to an aromatic ring is 1. The molecule has 6 nitrogen and oxygen atoms in total. The zero-order valence-corrected chi connectivity index (χ0v) is 10.6. The number of nitrogens with one attached hydrogen (secondary N) is 1. The van der Waals surface area contributed by atoms with Gasteiger partial charge in [0, 0.05) is 5.56 Å². The third-order valence-corrected chi connectivity index (χ3v) is 2.69. The monoisotopic (exact) mass is 277 g/mol. The van der Waals surface area contributed by atoms with Gasteiger partial charge in [0.05, 0.1) is 12.0 Å². The molecule has 0 atom stereocenters. The van der Waals surface area contributed by atoms with Gasteiger partial charge in [-0.15, -0.1) is 0 Å². The molecule has 0 amide bonds. The van der Waals surface area contributed by atoms with E-state index in [1.165, 1.54) is 12.1 Å². The number of aromatic nitrogens is 2. The van der Waals surface area contributed by atoms with Crippen molar-refractivity contribution in [1.82, 2.24) is 9.97 Å². The van der Waals surface area contributed by atoms with Crippen molar-refractivity contribution in [3.8, 4) is 11.4 Å². The Balaban J connectivity index is 2.54. The lowest BCUT2D eigenvalue weighted by atomic mass is 10.1. The van der Waals surface area contributed by atoms with Gasteiger partial charge in [0.15, 0.2) is 0 Å². The minimum absolute atomic E-state index is 0.101. The topological polar surface area (TPSA) is 109 Å². The van der Waals surface area contributed by atoms with Gasteiger partial charge in [-0.05, 0) is 30.7 Å². The van der Waals surface area contributed by atoms with Gasteiger partial charge in [0.2, 0.25) is 0 Å². The first-order chi connectivity index (χ1) is 9.36. The van der Waals surface area contributed by atoms with Crippen LogP contribution < -0.4 is 11.3 Å². The van der Waals surface area contributed by atoms with E-state index in [9.17, 15) is 14.0 Å². The van der Waals surface area contributed by atoms with E-state index in [1.807, 2.05) is 0 Å². The standard InChI is InChI=1S/C13H12FN3O3/c1-6-2-7(4-8(14)3-6)12-16-11(15)9(5-10(18)19)13(20)17-12/h2-4H,5H2,1H3,(H,18,19)(H3,15,16,17,20). The van der Waals surface area contributed by atoms with Gasteiger partial charge in [-0.3, -0.25) is 9.59 Å². The Labute approximate surface area is 113 Å². The minimum atomic E-state index is -1.18. The van der Waals surface area contributed by atoms with Crippen molar-refractivity contribution < 1.29 is 14.3 Å². The van der Waals surface area contributed by atoms with Crippen LogP contribution in [-0.2, 0) is 11.2 Å². The Morgan fingerprint density at radius 3 is 2.70 bits per heavy atom. The van der Waals surface area contributed by atoms with Crippen molar-refractivity contribution >= 4 is 11.8 Å². The van der Waals surface area contributed by atoms with Crippen LogP contribution in [0.25, 0.3) is 11.4 Å². The van der Waals surface area contributed by atoms with Gasteiger partial charge in [0.25, 0.3) is 5.56 Å². The van der Waals surface area contributed by atoms with Crippen molar-refractivity contribution in [2.75, 3.05) is 5.73 Å². The summed E-state index contributed by atoms with van der Waals surface area (Å²) in [6.07, 6.45) is -0.517.